The van der Waals surface area contributed by atoms with Crippen LogP contribution in [-0.2, 0) is 18.4 Å². The van der Waals surface area contributed by atoms with E-state index in [0.717, 1.165) is 18.2 Å². The Bertz CT molecular complexity index is 770. The predicted octanol–water partition coefficient (Wildman–Crippen LogP) is 1.77. The Labute approximate surface area is 171 Å². The lowest BCUT2D eigenvalue weighted by atomic mass is 10.1. The number of hydrogen-bond acceptors (Lipinski definition) is 3. The fourth-order valence-electron chi connectivity index (χ4n) is 2.89. The van der Waals surface area contributed by atoms with Crippen molar-refractivity contribution in [2.45, 2.75) is 13.5 Å². The molecule has 0 bridgehead atoms. The third-order valence-electron chi connectivity index (χ3n) is 4.31. The fraction of sp³-hybridized carbons (Fsp3) is 0.389. The first kappa shape index (κ1) is 20.2. The summed E-state index contributed by atoms with van der Waals surface area (Å²) >= 11 is 0. The summed E-state index contributed by atoms with van der Waals surface area (Å²) in [5, 5.41) is 7.48. The predicted molar refractivity (Wildman–Crippen MR) is 114 cm³/mol. The molecule has 8 heteroatoms. The molecule has 1 fully saturated rings. The van der Waals surface area contributed by atoms with Gasteiger partial charge in [0.15, 0.2) is 5.96 Å². The minimum Gasteiger partial charge on any atom is -0.352 e. The quantitative estimate of drug-likeness (QED) is 0.424. The molecular weight excluding hydrogens is 443 g/mol. The molecule has 2 aromatic rings. The van der Waals surface area contributed by atoms with Crippen LogP contribution in [0.15, 0.2) is 41.7 Å². The van der Waals surface area contributed by atoms with E-state index < -0.39 is 0 Å². The molecule has 3 rings (SSSR count). The van der Waals surface area contributed by atoms with E-state index in [1.54, 1.807) is 22.8 Å². The van der Waals surface area contributed by atoms with Crippen molar-refractivity contribution in [1.29, 1.82) is 0 Å². The lowest BCUT2D eigenvalue weighted by Crippen LogP contribution is -2.55. The molecule has 1 N–H and O–H groups in total. The highest BCUT2D eigenvalue weighted by atomic mass is 127. The number of nitrogens with one attached hydrogen (secondary N) is 1. The molecule has 0 radical (unpaired) electrons. The second-order valence-corrected chi connectivity index (χ2v) is 6.23. The number of carbonyl (C=O) groups is 1. The summed E-state index contributed by atoms with van der Waals surface area (Å²) in [5.74, 6) is 0.803. The average Bonchev–Trinajstić information content (AvgIpc) is 3.03. The number of amides is 1. The van der Waals surface area contributed by atoms with E-state index >= 15 is 0 Å². The molecule has 1 aliphatic heterocycles. The van der Waals surface area contributed by atoms with Gasteiger partial charge in [-0.05, 0) is 12.5 Å². The van der Waals surface area contributed by atoms with Gasteiger partial charge >= 0.3 is 0 Å². The summed E-state index contributed by atoms with van der Waals surface area (Å²) in [6.45, 7) is 4.42. The maximum atomic E-state index is 12.5. The first-order valence-electron chi connectivity index (χ1n) is 8.37. The summed E-state index contributed by atoms with van der Waals surface area (Å²) in [7, 11) is 3.59. The van der Waals surface area contributed by atoms with E-state index in [9.17, 15) is 4.79 Å². The van der Waals surface area contributed by atoms with Crippen molar-refractivity contribution >= 4 is 41.5 Å². The number of anilines is 1. The van der Waals surface area contributed by atoms with E-state index in [0.29, 0.717) is 19.6 Å². The number of piperazine rings is 1. The Hall–Kier alpha value is -2.10. The highest BCUT2D eigenvalue weighted by molar-refractivity contribution is 14.0. The van der Waals surface area contributed by atoms with Gasteiger partial charge in [-0.25, -0.2) is 0 Å². The van der Waals surface area contributed by atoms with Crippen LogP contribution in [0.25, 0.3) is 0 Å². The molecule has 140 valence electrons. The molecule has 26 heavy (non-hydrogen) atoms. The molecule has 7 nitrogen and oxygen atoms in total. The van der Waals surface area contributed by atoms with Gasteiger partial charge in [0.05, 0.1) is 11.9 Å². The van der Waals surface area contributed by atoms with Gasteiger partial charge in [0.2, 0.25) is 5.91 Å². The van der Waals surface area contributed by atoms with Gasteiger partial charge in [0, 0.05) is 39.9 Å². The zero-order chi connectivity index (χ0) is 17.8. The second kappa shape index (κ2) is 9.02. The van der Waals surface area contributed by atoms with E-state index in [4.69, 9.17) is 0 Å². The molecule has 1 amide bonds. The van der Waals surface area contributed by atoms with E-state index in [1.807, 2.05) is 18.1 Å². The number of benzene rings is 1. The summed E-state index contributed by atoms with van der Waals surface area (Å²) in [5.41, 5.74) is 3.27. The Balaban J connectivity index is 0.00000243. The van der Waals surface area contributed by atoms with Crippen LogP contribution in [0.2, 0.25) is 0 Å². The Morgan fingerprint density at radius 1 is 1.27 bits per heavy atom. The van der Waals surface area contributed by atoms with E-state index in [-0.39, 0.29) is 29.9 Å². The molecule has 0 atom stereocenters. The van der Waals surface area contributed by atoms with Crippen LogP contribution in [0.3, 0.4) is 0 Å². The van der Waals surface area contributed by atoms with Gasteiger partial charge in [0.1, 0.15) is 6.54 Å². The zero-order valence-corrected chi connectivity index (χ0v) is 17.7. The van der Waals surface area contributed by atoms with Crippen LogP contribution in [0.1, 0.15) is 11.1 Å². The first-order valence-corrected chi connectivity index (χ1v) is 8.37. The largest absolute Gasteiger partial charge is 0.352 e. The number of rotatable bonds is 3. The van der Waals surface area contributed by atoms with Gasteiger partial charge in [-0.2, -0.15) is 5.10 Å². The highest BCUT2D eigenvalue weighted by Crippen LogP contribution is 2.16. The highest BCUT2D eigenvalue weighted by Gasteiger charge is 2.27. The van der Waals surface area contributed by atoms with Gasteiger partial charge in [0.25, 0.3) is 0 Å². The van der Waals surface area contributed by atoms with Crippen molar-refractivity contribution in [2.24, 2.45) is 12.0 Å². The van der Waals surface area contributed by atoms with Crippen LogP contribution >= 0.6 is 24.0 Å². The maximum absolute atomic E-state index is 12.5. The van der Waals surface area contributed by atoms with Gasteiger partial charge in [-0.3, -0.25) is 14.5 Å². The molecule has 1 aliphatic rings. The van der Waals surface area contributed by atoms with Crippen molar-refractivity contribution in [3.8, 4) is 0 Å². The average molecular weight is 468 g/mol. The lowest BCUT2D eigenvalue weighted by molar-refractivity contribution is -0.120. The monoisotopic (exact) mass is 468 g/mol. The summed E-state index contributed by atoms with van der Waals surface area (Å²) in [6, 6.07) is 8.38. The maximum Gasteiger partial charge on any atom is 0.246 e. The molecule has 0 aliphatic carbocycles. The molecule has 1 saturated heterocycles. The Morgan fingerprint density at radius 2 is 2.00 bits per heavy atom. The topological polar surface area (TPSA) is 65.8 Å². The third-order valence-corrected chi connectivity index (χ3v) is 4.31. The zero-order valence-electron chi connectivity index (χ0n) is 15.3. The summed E-state index contributed by atoms with van der Waals surface area (Å²) < 4.78 is 1.71. The SMILES string of the molecule is CN=C(NCc1ccc(C)cc1)N1CCN(c2cnn(C)c2)C(=O)C1.I. The van der Waals surface area contributed by atoms with Crippen molar-refractivity contribution in [1.82, 2.24) is 20.0 Å². The van der Waals surface area contributed by atoms with E-state index in [1.165, 1.54) is 11.1 Å². The first-order chi connectivity index (χ1) is 12.1. The molecule has 0 spiro atoms. The van der Waals surface area contributed by atoms with Gasteiger partial charge in [-0.1, -0.05) is 29.8 Å². The second-order valence-electron chi connectivity index (χ2n) is 6.23. The normalized spacial score (nSPS) is 15.0. The number of aliphatic imine (C=N–C) groups is 1. The van der Waals surface area contributed by atoms with Crippen molar-refractivity contribution in [3.63, 3.8) is 0 Å². The number of aryl methyl sites for hydroxylation is 2. The molecule has 1 aromatic heterocycles. The molecule has 2 heterocycles. The minimum atomic E-state index is 0. The van der Waals surface area contributed by atoms with Crippen LogP contribution in [0.5, 0.6) is 0 Å². The van der Waals surface area contributed by atoms with Crippen LogP contribution in [0.4, 0.5) is 5.69 Å². The third kappa shape index (κ3) is 4.75. The Kier molecular flexibility index (Phi) is 7.01. The minimum absolute atomic E-state index is 0. The molecule has 0 unspecified atom stereocenters. The lowest BCUT2D eigenvalue weighted by Gasteiger charge is -2.35. The molecular formula is C18H25IN6O. The number of guanidine groups is 1. The number of carbonyl (C=O) groups excluding carboxylic acids is 1. The standard InChI is InChI=1S/C18H24N6O.HI/c1-14-4-6-15(7-5-14)10-20-18(19-2)23-8-9-24(17(25)13-23)16-11-21-22(3)12-16;/h4-7,11-12H,8-10,13H2,1-3H3,(H,19,20);1H. The summed E-state index contributed by atoms with van der Waals surface area (Å²) in [6.07, 6.45) is 3.58. The fourth-order valence-corrected chi connectivity index (χ4v) is 2.89. The molecule has 0 saturated carbocycles. The van der Waals surface area contributed by atoms with Gasteiger partial charge in [-0.15, -0.1) is 24.0 Å². The van der Waals surface area contributed by atoms with Crippen molar-refractivity contribution in [3.05, 3.63) is 47.8 Å². The summed E-state index contributed by atoms with van der Waals surface area (Å²) in [4.78, 5) is 20.6. The van der Waals surface area contributed by atoms with Crippen molar-refractivity contribution < 1.29 is 4.79 Å². The smallest absolute Gasteiger partial charge is 0.246 e. The van der Waals surface area contributed by atoms with Crippen LogP contribution in [-0.4, -0.2) is 53.2 Å². The Morgan fingerprint density at radius 3 is 2.58 bits per heavy atom. The number of nitrogens with zero attached hydrogens (tertiary/aromatic N) is 5. The van der Waals surface area contributed by atoms with E-state index in [2.05, 4.69) is 46.6 Å². The number of aromatic nitrogens is 2. The molecule has 1 aromatic carbocycles. The van der Waals surface area contributed by atoms with Gasteiger partial charge < -0.3 is 15.1 Å². The van der Waals surface area contributed by atoms with Crippen LogP contribution < -0.4 is 10.2 Å². The number of halogens is 1. The van der Waals surface area contributed by atoms with Crippen LogP contribution in [0, 0.1) is 6.92 Å². The van der Waals surface area contributed by atoms with Crippen molar-refractivity contribution in [2.75, 3.05) is 31.6 Å². The number of hydrogen-bond donors (Lipinski definition) is 1.